The molecule has 7 aromatic carbocycles. The van der Waals surface area contributed by atoms with Gasteiger partial charge in [0.25, 0.3) is 0 Å². The van der Waals surface area contributed by atoms with E-state index in [1.807, 2.05) is 23.5 Å². The van der Waals surface area contributed by atoms with Gasteiger partial charge in [-0.15, -0.1) is 11.3 Å². The minimum Gasteiger partial charge on any atom is -0.456 e. The van der Waals surface area contributed by atoms with Gasteiger partial charge < -0.3 is 9.32 Å². The van der Waals surface area contributed by atoms with Crippen LogP contribution < -0.4 is 4.90 Å². The Bertz CT molecular complexity index is 2460. The van der Waals surface area contributed by atoms with Crippen molar-refractivity contribution in [1.82, 2.24) is 0 Å². The van der Waals surface area contributed by atoms with Crippen molar-refractivity contribution in [3.8, 4) is 32.7 Å². The lowest BCUT2D eigenvalue weighted by molar-refractivity contribution is 0.669. The minimum atomic E-state index is 0.913. The SMILES string of the molecule is c1ccc(-c2ccc(N(c3ccc(-c4ccc5oc6ccccc6c5c4)cc3)c3ccc(-c4cc5ccccc5s4)cc3)cc2)cc1. The summed E-state index contributed by atoms with van der Waals surface area (Å²) in [5.74, 6) is 0. The molecule has 222 valence electrons. The van der Waals surface area contributed by atoms with Crippen molar-refractivity contribution < 1.29 is 4.42 Å². The number of nitrogens with zero attached hydrogens (tertiary/aromatic N) is 1. The highest BCUT2D eigenvalue weighted by molar-refractivity contribution is 7.22. The standard InChI is InChI=1S/C44H29NOS/c1-2-8-30(9-3-1)31-14-21-36(22-15-31)45(38-25-18-33(19-26-38)44-29-35-10-4-7-13-43(35)47-44)37-23-16-32(17-24-37)34-20-27-42-40(28-34)39-11-5-6-12-41(39)46-42/h1-29H. The predicted octanol–water partition coefficient (Wildman–Crippen LogP) is 13.3. The molecule has 0 fully saturated rings. The topological polar surface area (TPSA) is 16.4 Å². The van der Waals surface area contributed by atoms with Crippen molar-refractivity contribution in [3.63, 3.8) is 0 Å². The number of thiophene rings is 1. The van der Waals surface area contributed by atoms with E-state index in [0.29, 0.717) is 0 Å². The first kappa shape index (κ1) is 27.4. The summed E-state index contributed by atoms with van der Waals surface area (Å²) in [4.78, 5) is 3.61. The van der Waals surface area contributed by atoms with Gasteiger partial charge in [-0.3, -0.25) is 0 Å². The molecule has 0 radical (unpaired) electrons. The van der Waals surface area contributed by atoms with Crippen molar-refractivity contribution in [1.29, 1.82) is 0 Å². The lowest BCUT2D eigenvalue weighted by atomic mass is 10.0. The summed E-state index contributed by atoms with van der Waals surface area (Å²) in [5.41, 5.74) is 11.1. The predicted molar refractivity (Wildman–Crippen MR) is 200 cm³/mol. The van der Waals surface area contributed by atoms with Crippen molar-refractivity contribution >= 4 is 60.4 Å². The van der Waals surface area contributed by atoms with Crippen LogP contribution in [0.25, 0.3) is 64.7 Å². The van der Waals surface area contributed by atoms with Crippen molar-refractivity contribution in [2.24, 2.45) is 0 Å². The van der Waals surface area contributed by atoms with Crippen LogP contribution in [-0.2, 0) is 0 Å². The normalized spacial score (nSPS) is 11.4. The van der Waals surface area contributed by atoms with Crippen LogP contribution >= 0.6 is 11.3 Å². The molecular formula is C44H29NOS. The Hall–Kier alpha value is -5.90. The second-order valence-electron chi connectivity index (χ2n) is 11.8. The number of benzene rings is 7. The fraction of sp³-hybridized carbons (Fsp3) is 0. The number of hydrogen-bond acceptors (Lipinski definition) is 3. The van der Waals surface area contributed by atoms with Crippen LogP contribution in [0.5, 0.6) is 0 Å². The van der Waals surface area contributed by atoms with Crippen LogP contribution in [0.15, 0.2) is 180 Å². The Balaban J connectivity index is 1.09. The molecule has 0 aliphatic carbocycles. The quantitative estimate of drug-likeness (QED) is 0.184. The van der Waals surface area contributed by atoms with E-state index in [2.05, 4.69) is 169 Å². The van der Waals surface area contributed by atoms with E-state index in [-0.39, 0.29) is 0 Å². The van der Waals surface area contributed by atoms with Crippen molar-refractivity contribution in [2.75, 3.05) is 4.90 Å². The molecule has 0 atom stereocenters. The van der Waals surface area contributed by atoms with Crippen LogP contribution in [0, 0.1) is 0 Å². The largest absolute Gasteiger partial charge is 0.456 e. The zero-order valence-electron chi connectivity index (χ0n) is 25.5. The molecule has 2 aromatic heterocycles. The molecule has 0 aliphatic heterocycles. The number of anilines is 3. The molecule has 0 N–H and O–H groups in total. The van der Waals surface area contributed by atoms with E-state index in [4.69, 9.17) is 4.42 Å². The molecule has 9 aromatic rings. The van der Waals surface area contributed by atoms with E-state index in [9.17, 15) is 0 Å². The van der Waals surface area contributed by atoms with Gasteiger partial charge in [-0.25, -0.2) is 0 Å². The van der Waals surface area contributed by atoms with Gasteiger partial charge in [0.1, 0.15) is 11.2 Å². The molecule has 0 aliphatic rings. The van der Waals surface area contributed by atoms with E-state index in [1.54, 1.807) is 0 Å². The van der Waals surface area contributed by atoms with E-state index in [0.717, 1.165) is 39.0 Å². The van der Waals surface area contributed by atoms with Crippen LogP contribution in [-0.4, -0.2) is 0 Å². The average molecular weight is 620 g/mol. The second-order valence-corrected chi connectivity index (χ2v) is 12.9. The maximum Gasteiger partial charge on any atom is 0.135 e. The van der Waals surface area contributed by atoms with E-state index >= 15 is 0 Å². The number of rotatable bonds is 6. The van der Waals surface area contributed by atoms with Crippen molar-refractivity contribution in [3.05, 3.63) is 176 Å². The molecule has 0 saturated heterocycles. The highest BCUT2D eigenvalue weighted by atomic mass is 32.1. The van der Waals surface area contributed by atoms with Crippen molar-refractivity contribution in [2.45, 2.75) is 0 Å². The zero-order valence-corrected chi connectivity index (χ0v) is 26.3. The summed E-state index contributed by atoms with van der Waals surface area (Å²) in [5, 5.41) is 3.57. The third kappa shape index (κ3) is 5.07. The first-order valence-corrected chi connectivity index (χ1v) is 16.6. The van der Waals surface area contributed by atoms with E-state index < -0.39 is 0 Å². The maximum atomic E-state index is 6.07. The Morgan fingerprint density at radius 1 is 0.383 bits per heavy atom. The molecule has 9 rings (SSSR count). The van der Waals surface area contributed by atoms with Crippen LogP contribution in [0.4, 0.5) is 17.1 Å². The number of para-hydroxylation sites is 1. The third-order valence-corrected chi connectivity index (χ3v) is 10.1. The summed E-state index contributed by atoms with van der Waals surface area (Å²) in [6.07, 6.45) is 0. The summed E-state index contributed by atoms with van der Waals surface area (Å²) >= 11 is 1.84. The third-order valence-electron chi connectivity index (χ3n) is 8.90. The fourth-order valence-electron chi connectivity index (χ4n) is 6.49. The van der Waals surface area contributed by atoms with Gasteiger partial charge in [-0.05, 0) is 99.9 Å². The molecule has 47 heavy (non-hydrogen) atoms. The first-order valence-electron chi connectivity index (χ1n) is 15.8. The minimum absolute atomic E-state index is 0.913. The van der Waals surface area contributed by atoms with Gasteiger partial charge in [-0.1, -0.05) is 109 Å². The summed E-state index contributed by atoms with van der Waals surface area (Å²) in [6, 6.07) is 62.8. The fourth-order valence-corrected chi connectivity index (χ4v) is 7.56. The smallest absolute Gasteiger partial charge is 0.135 e. The number of fused-ring (bicyclic) bond motifs is 4. The molecule has 0 spiro atoms. The first-order chi connectivity index (χ1) is 23.3. The number of furan rings is 1. The van der Waals surface area contributed by atoms with E-state index in [1.165, 1.54) is 42.8 Å². The number of hydrogen-bond donors (Lipinski definition) is 0. The van der Waals surface area contributed by atoms with Gasteiger partial charge in [0, 0.05) is 37.4 Å². The lowest BCUT2D eigenvalue weighted by Gasteiger charge is -2.26. The van der Waals surface area contributed by atoms with Gasteiger partial charge in [-0.2, -0.15) is 0 Å². The molecule has 0 unspecified atom stereocenters. The Kier molecular flexibility index (Phi) is 6.69. The molecule has 0 amide bonds. The molecule has 0 saturated carbocycles. The Labute approximate surface area is 277 Å². The van der Waals surface area contributed by atoms with Gasteiger partial charge in [0.15, 0.2) is 0 Å². The summed E-state index contributed by atoms with van der Waals surface area (Å²) in [6.45, 7) is 0. The van der Waals surface area contributed by atoms with Gasteiger partial charge >= 0.3 is 0 Å². The van der Waals surface area contributed by atoms with Crippen LogP contribution in [0.1, 0.15) is 0 Å². The highest BCUT2D eigenvalue weighted by Gasteiger charge is 2.15. The Morgan fingerprint density at radius 2 is 0.915 bits per heavy atom. The van der Waals surface area contributed by atoms with Gasteiger partial charge in [0.2, 0.25) is 0 Å². The summed E-state index contributed by atoms with van der Waals surface area (Å²) in [7, 11) is 0. The monoisotopic (exact) mass is 619 g/mol. The molecular weight excluding hydrogens is 591 g/mol. The van der Waals surface area contributed by atoms with Crippen LogP contribution in [0.3, 0.4) is 0 Å². The molecule has 3 heteroatoms. The molecule has 2 nitrogen and oxygen atoms in total. The summed E-state index contributed by atoms with van der Waals surface area (Å²) < 4.78 is 7.39. The van der Waals surface area contributed by atoms with Gasteiger partial charge in [0.05, 0.1) is 0 Å². The van der Waals surface area contributed by atoms with Crippen LogP contribution in [0.2, 0.25) is 0 Å². The second kappa shape index (κ2) is 11.5. The lowest BCUT2D eigenvalue weighted by Crippen LogP contribution is -2.09. The zero-order chi connectivity index (χ0) is 31.2. The maximum absolute atomic E-state index is 6.07. The average Bonchev–Trinajstić information content (AvgIpc) is 3.75. The molecule has 2 heterocycles. The Morgan fingerprint density at radius 3 is 1.62 bits per heavy atom. The highest BCUT2D eigenvalue weighted by Crippen LogP contribution is 2.40. The molecule has 0 bridgehead atoms.